The quantitative estimate of drug-likeness (QED) is 0.827. The maximum absolute atomic E-state index is 11.4. The molecule has 1 saturated carbocycles. The minimum Gasteiger partial charge on any atom is -0.470 e. The summed E-state index contributed by atoms with van der Waals surface area (Å²) in [7, 11) is 0. The number of hydrogen-bond donors (Lipinski definition) is 1. The van der Waals surface area contributed by atoms with Crippen molar-refractivity contribution in [2.45, 2.75) is 39.3 Å². The van der Waals surface area contributed by atoms with Gasteiger partial charge in [-0.2, -0.15) is 0 Å². The Morgan fingerprint density at radius 2 is 2.31 bits per heavy atom. The maximum Gasteiger partial charge on any atom is 0.223 e. The number of hydrogen-bond acceptors (Lipinski definition) is 3. The molecule has 0 aromatic carbocycles. The van der Waals surface area contributed by atoms with Crippen LogP contribution in [0.2, 0.25) is 0 Å². The zero-order valence-corrected chi connectivity index (χ0v) is 9.82. The third kappa shape index (κ3) is 2.44. The van der Waals surface area contributed by atoms with Crippen molar-refractivity contribution in [2.75, 3.05) is 11.4 Å². The molecule has 1 N–H and O–H groups in total. The van der Waals surface area contributed by atoms with Gasteiger partial charge in [0.15, 0.2) is 0 Å². The van der Waals surface area contributed by atoms with Gasteiger partial charge in [-0.05, 0) is 19.8 Å². The van der Waals surface area contributed by atoms with Gasteiger partial charge in [0.1, 0.15) is 6.26 Å². The highest BCUT2D eigenvalue weighted by Gasteiger charge is 2.22. The lowest BCUT2D eigenvalue weighted by Crippen LogP contribution is -2.29. The zero-order chi connectivity index (χ0) is 11.5. The highest BCUT2D eigenvalue weighted by Crippen LogP contribution is 2.24. The molecule has 0 unspecified atom stereocenters. The molecule has 88 valence electrons. The summed E-state index contributed by atoms with van der Waals surface area (Å²) < 4.78 is 5.20. The molecule has 4 nitrogen and oxygen atoms in total. The van der Waals surface area contributed by atoms with Gasteiger partial charge in [-0.15, -0.1) is 0 Å². The Bertz CT molecular complexity index is 369. The van der Waals surface area contributed by atoms with Gasteiger partial charge in [0.2, 0.25) is 5.91 Å². The lowest BCUT2D eigenvalue weighted by Gasteiger charge is -2.18. The minimum atomic E-state index is 0.0524. The zero-order valence-electron chi connectivity index (χ0n) is 9.82. The average Bonchev–Trinajstić information content (AvgIpc) is 2.97. The fourth-order valence-electron chi connectivity index (χ4n) is 1.79. The second-order valence-corrected chi connectivity index (χ2v) is 4.20. The highest BCUT2D eigenvalue weighted by molar-refractivity contribution is 5.91. The first-order valence-corrected chi connectivity index (χ1v) is 5.79. The standard InChI is InChI=1S/C12H18N2O2/c1-3-14(9(2)15)12-8-16-7-10(12)6-13-11-4-5-11/h7-8,11,13H,3-6H2,1-2H3. The molecular weight excluding hydrogens is 204 g/mol. The molecule has 2 rings (SSSR count). The fraction of sp³-hybridized carbons (Fsp3) is 0.583. The van der Waals surface area contributed by atoms with Crippen LogP contribution in [0, 0.1) is 0 Å². The Morgan fingerprint density at radius 1 is 1.56 bits per heavy atom. The number of carbonyl (C=O) groups excluding carboxylic acids is 1. The molecule has 1 amide bonds. The summed E-state index contributed by atoms with van der Waals surface area (Å²) in [6.45, 7) is 4.99. The fourth-order valence-corrected chi connectivity index (χ4v) is 1.79. The van der Waals surface area contributed by atoms with Crippen molar-refractivity contribution < 1.29 is 9.21 Å². The van der Waals surface area contributed by atoms with E-state index in [-0.39, 0.29) is 5.91 Å². The second-order valence-electron chi connectivity index (χ2n) is 4.20. The third-order valence-corrected chi connectivity index (χ3v) is 2.86. The van der Waals surface area contributed by atoms with E-state index in [9.17, 15) is 4.79 Å². The Balaban J connectivity index is 2.06. The van der Waals surface area contributed by atoms with Crippen LogP contribution in [0.15, 0.2) is 16.9 Å². The van der Waals surface area contributed by atoms with Crippen molar-refractivity contribution in [2.24, 2.45) is 0 Å². The predicted octanol–water partition coefficient (Wildman–Crippen LogP) is 1.90. The van der Waals surface area contributed by atoms with Crippen molar-refractivity contribution in [1.29, 1.82) is 0 Å². The molecule has 1 fully saturated rings. The Kier molecular flexibility index (Phi) is 3.29. The average molecular weight is 222 g/mol. The van der Waals surface area contributed by atoms with E-state index in [1.54, 1.807) is 24.3 Å². The van der Waals surface area contributed by atoms with Gasteiger partial charge in [-0.25, -0.2) is 0 Å². The maximum atomic E-state index is 11.4. The molecule has 1 aliphatic rings. The van der Waals surface area contributed by atoms with E-state index >= 15 is 0 Å². The van der Waals surface area contributed by atoms with Gasteiger partial charge in [-0.1, -0.05) is 0 Å². The number of rotatable bonds is 5. The van der Waals surface area contributed by atoms with Crippen molar-refractivity contribution in [3.05, 3.63) is 18.1 Å². The molecule has 0 saturated heterocycles. The monoisotopic (exact) mass is 222 g/mol. The van der Waals surface area contributed by atoms with Crippen molar-refractivity contribution in [3.63, 3.8) is 0 Å². The number of carbonyl (C=O) groups is 1. The molecule has 1 heterocycles. The lowest BCUT2D eigenvalue weighted by molar-refractivity contribution is -0.116. The summed E-state index contributed by atoms with van der Waals surface area (Å²) >= 11 is 0. The number of amides is 1. The number of nitrogens with zero attached hydrogens (tertiary/aromatic N) is 1. The smallest absolute Gasteiger partial charge is 0.223 e. The topological polar surface area (TPSA) is 45.5 Å². The minimum absolute atomic E-state index is 0.0524. The summed E-state index contributed by atoms with van der Waals surface area (Å²) in [6, 6.07) is 0.662. The second kappa shape index (κ2) is 4.70. The van der Waals surface area contributed by atoms with Crippen LogP contribution >= 0.6 is 0 Å². The Labute approximate surface area is 95.6 Å². The van der Waals surface area contributed by atoms with Gasteiger partial charge in [0, 0.05) is 31.6 Å². The van der Waals surface area contributed by atoms with Crippen molar-refractivity contribution >= 4 is 11.6 Å². The van der Waals surface area contributed by atoms with Gasteiger partial charge in [-0.3, -0.25) is 4.79 Å². The number of nitrogens with one attached hydrogen (secondary N) is 1. The Hall–Kier alpha value is -1.29. The molecule has 16 heavy (non-hydrogen) atoms. The first-order chi connectivity index (χ1) is 7.72. The van der Waals surface area contributed by atoms with Crippen LogP contribution < -0.4 is 10.2 Å². The van der Waals surface area contributed by atoms with E-state index < -0.39 is 0 Å². The third-order valence-electron chi connectivity index (χ3n) is 2.86. The summed E-state index contributed by atoms with van der Waals surface area (Å²) in [5.41, 5.74) is 1.95. The SMILES string of the molecule is CCN(C(C)=O)c1cocc1CNC1CC1. The van der Waals surface area contributed by atoms with Crippen LogP contribution in [0.1, 0.15) is 32.3 Å². The first kappa shape index (κ1) is 11.2. The molecule has 4 heteroatoms. The normalized spacial score (nSPS) is 15.1. The summed E-state index contributed by atoms with van der Waals surface area (Å²) in [5, 5.41) is 3.42. The van der Waals surface area contributed by atoms with E-state index in [2.05, 4.69) is 5.32 Å². The number of furan rings is 1. The Morgan fingerprint density at radius 3 is 2.88 bits per heavy atom. The largest absolute Gasteiger partial charge is 0.470 e. The van der Waals surface area contributed by atoms with E-state index in [4.69, 9.17) is 4.42 Å². The molecular formula is C12H18N2O2. The molecule has 0 atom stereocenters. The van der Waals surface area contributed by atoms with Crippen LogP contribution in [0.3, 0.4) is 0 Å². The van der Waals surface area contributed by atoms with Gasteiger partial charge < -0.3 is 14.6 Å². The van der Waals surface area contributed by atoms with Gasteiger partial charge in [0.05, 0.1) is 12.0 Å². The first-order valence-electron chi connectivity index (χ1n) is 5.79. The molecule has 1 aromatic heterocycles. The molecule has 0 spiro atoms. The van der Waals surface area contributed by atoms with Gasteiger partial charge in [0.25, 0.3) is 0 Å². The van der Waals surface area contributed by atoms with Crippen LogP contribution in [0.4, 0.5) is 5.69 Å². The van der Waals surface area contributed by atoms with Crippen LogP contribution in [0.5, 0.6) is 0 Å². The summed E-state index contributed by atoms with van der Waals surface area (Å²) in [6.07, 6.45) is 5.89. The van der Waals surface area contributed by atoms with E-state index in [0.29, 0.717) is 12.6 Å². The molecule has 1 aromatic rings. The lowest BCUT2D eigenvalue weighted by atomic mass is 10.2. The van der Waals surface area contributed by atoms with Crippen molar-refractivity contribution in [1.82, 2.24) is 5.32 Å². The van der Waals surface area contributed by atoms with E-state index in [0.717, 1.165) is 17.8 Å². The summed E-state index contributed by atoms with van der Waals surface area (Å²) in [4.78, 5) is 13.2. The molecule has 0 radical (unpaired) electrons. The van der Waals surface area contributed by atoms with Crippen molar-refractivity contribution in [3.8, 4) is 0 Å². The van der Waals surface area contributed by atoms with E-state index in [1.165, 1.54) is 12.8 Å². The van der Waals surface area contributed by atoms with Crippen LogP contribution in [0.25, 0.3) is 0 Å². The van der Waals surface area contributed by atoms with Gasteiger partial charge >= 0.3 is 0 Å². The highest BCUT2D eigenvalue weighted by atomic mass is 16.3. The molecule has 1 aliphatic carbocycles. The molecule has 0 aliphatic heterocycles. The van der Waals surface area contributed by atoms with Crippen LogP contribution in [-0.4, -0.2) is 18.5 Å². The summed E-state index contributed by atoms with van der Waals surface area (Å²) in [5.74, 6) is 0.0524. The predicted molar refractivity (Wildman–Crippen MR) is 62.3 cm³/mol. The van der Waals surface area contributed by atoms with E-state index in [1.807, 2.05) is 6.92 Å². The number of anilines is 1. The molecule has 0 bridgehead atoms. The van der Waals surface area contributed by atoms with Crippen LogP contribution in [-0.2, 0) is 11.3 Å².